The van der Waals surface area contributed by atoms with Crippen molar-refractivity contribution < 1.29 is 9.18 Å². The van der Waals surface area contributed by atoms with Crippen LogP contribution in [0.2, 0.25) is 0 Å². The molecule has 3 rings (SSSR count). The van der Waals surface area contributed by atoms with Crippen molar-refractivity contribution in [2.24, 2.45) is 5.41 Å². The minimum atomic E-state index is -0.231. The highest BCUT2D eigenvalue weighted by atomic mass is 19.1. The van der Waals surface area contributed by atoms with Crippen LogP contribution >= 0.6 is 0 Å². The highest BCUT2D eigenvalue weighted by Crippen LogP contribution is 2.29. The molecule has 2 aromatic rings. The van der Waals surface area contributed by atoms with Crippen molar-refractivity contribution in [2.75, 3.05) is 6.54 Å². The minimum Gasteiger partial charge on any atom is -0.335 e. The molecule has 0 saturated heterocycles. The Morgan fingerprint density at radius 2 is 2.23 bits per heavy atom. The Kier molecular flexibility index (Phi) is 5.03. The van der Waals surface area contributed by atoms with E-state index in [9.17, 15) is 9.18 Å². The summed E-state index contributed by atoms with van der Waals surface area (Å²) in [5.41, 5.74) is 4.12. The number of aryl methyl sites for hydroxylation is 1. The number of aromatic nitrogens is 2. The van der Waals surface area contributed by atoms with Gasteiger partial charge in [0.2, 0.25) is 0 Å². The number of hydrogen-bond acceptors (Lipinski definition) is 2. The second-order valence-corrected chi connectivity index (χ2v) is 8.20. The third-order valence-corrected chi connectivity index (χ3v) is 4.93. The van der Waals surface area contributed by atoms with Crippen LogP contribution in [0.3, 0.4) is 0 Å². The normalized spacial score (nSPS) is 17.3. The van der Waals surface area contributed by atoms with E-state index in [0.29, 0.717) is 19.5 Å². The molecule has 2 N–H and O–H groups in total. The molecule has 5 nitrogen and oxygen atoms in total. The Hall–Kier alpha value is -2.37. The van der Waals surface area contributed by atoms with Crippen LogP contribution in [0.4, 0.5) is 9.18 Å². The Balaban J connectivity index is 1.67. The average Bonchev–Trinajstić information content (AvgIpc) is 2.90. The number of rotatable bonds is 3. The SMILES string of the molecule is Cc1cc(F)ccc1C[C@H](C)NC(=O)N1Cc2cn[nH]c2CC(C)(C)C1. The zero-order chi connectivity index (χ0) is 18.9. The summed E-state index contributed by atoms with van der Waals surface area (Å²) in [5, 5.41) is 10.3. The standard InChI is InChI=1S/C20H27FN4O/c1-13-7-17(21)6-5-15(13)8-14(2)23-19(26)25-11-16-10-22-24-18(16)9-20(3,4)12-25/h5-7,10,14H,8-9,11-12H2,1-4H3,(H,22,24)(H,23,26)/t14-/m0/s1. The van der Waals surface area contributed by atoms with Crippen molar-refractivity contribution in [3.63, 3.8) is 0 Å². The quantitative estimate of drug-likeness (QED) is 0.881. The Morgan fingerprint density at radius 3 is 2.96 bits per heavy atom. The van der Waals surface area contributed by atoms with E-state index >= 15 is 0 Å². The first-order valence-corrected chi connectivity index (χ1v) is 9.05. The summed E-state index contributed by atoms with van der Waals surface area (Å²) in [6, 6.07) is 4.68. The van der Waals surface area contributed by atoms with Crippen LogP contribution in [-0.2, 0) is 19.4 Å². The van der Waals surface area contributed by atoms with E-state index in [1.807, 2.05) is 24.9 Å². The van der Waals surface area contributed by atoms with Crippen LogP contribution in [0.15, 0.2) is 24.4 Å². The predicted molar refractivity (Wildman–Crippen MR) is 99.3 cm³/mol. The van der Waals surface area contributed by atoms with E-state index in [1.54, 1.807) is 6.07 Å². The number of urea groups is 1. The molecule has 0 fully saturated rings. The highest BCUT2D eigenvalue weighted by molar-refractivity contribution is 5.74. The topological polar surface area (TPSA) is 61.0 Å². The monoisotopic (exact) mass is 358 g/mol. The number of fused-ring (bicyclic) bond motifs is 1. The second kappa shape index (κ2) is 7.09. The molecular weight excluding hydrogens is 331 g/mol. The molecule has 26 heavy (non-hydrogen) atoms. The number of nitrogens with zero attached hydrogens (tertiary/aromatic N) is 2. The third-order valence-electron chi connectivity index (χ3n) is 4.93. The van der Waals surface area contributed by atoms with Gasteiger partial charge in [-0.25, -0.2) is 9.18 Å². The van der Waals surface area contributed by atoms with Gasteiger partial charge in [0, 0.05) is 23.8 Å². The molecule has 1 aromatic heterocycles. The lowest BCUT2D eigenvalue weighted by molar-refractivity contribution is 0.165. The average molecular weight is 358 g/mol. The molecule has 0 spiro atoms. The van der Waals surface area contributed by atoms with Crippen molar-refractivity contribution in [3.05, 3.63) is 52.6 Å². The van der Waals surface area contributed by atoms with Crippen molar-refractivity contribution in [3.8, 4) is 0 Å². The number of hydrogen-bond donors (Lipinski definition) is 2. The fraction of sp³-hybridized carbons (Fsp3) is 0.500. The summed E-state index contributed by atoms with van der Waals surface area (Å²) >= 11 is 0. The first-order chi connectivity index (χ1) is 12.2. The predicted octanol–water partition coefficient (Wildman–Crippen LogP) is 3.58. The molecule has 2 heterocycles. The lowest BCUT2D eigenvalue weighted by Gasteiger charge is -2.30. The van der Waals surface area contributed by atoms with Gasteiger partial charge in [0.15, 0.2) is 0 Å². The molecule has 0 radical (unpaired) electrons. The fourth-order valence-corrected chi connectivity index (χ4v) is 3.65. The summed E-state index contributed by atoms with van der Waals surface area (Å²) in [6.07, 6.45) is 3.35. The van der Waals surface area contributed by atoms with Crippen molar-refractivity contribution in [1.29, 1.82) is 0 Å². The van der Waals surface area contributed by atoms with Crippen LogP contribution < -0.4 is 5.32 Å². The van der Waals surface area contributed by atoms with Gasteiger partial charge in [-0.15, -0.1) is 0 Å². The van der Waals surface area contributed by atoms with E-state index in [4.69, 9.17) is 0 Å². The molecule has 140 valence electrons. The van der Waals surface area contributed by atoms with Gasteiger partial charge in [0.25, 0.3) is 0 Å². The van der Waals surface area contributed by atoms with Gasteiger partial charge in [-0.3, -0.25) is 5.10 Å². The molecule has 1 aromatic carbocycles. The lowest BCUT2D eigenvalue weighted by atomic mass is 9.88. The van der Waals surface area contributed by atoms with E-state index in [0.717, 1.165) is 28.8 Å². The molecule has 1 aliphatic rings. The summed E-state index contributed by atoms with van der Waals surface area (Å²) in [7, 11) is 0. The highest BCUT2D eigenvalue weighted by Gasteiger charge is 2.31. The number of benzene rings is 1. The number of carbonyl (C=O) groups is 1. The van der Waals surface area contributed by atoms with Gasteiger partial charge in [-0.1, -0.05) is 19.9 Å². The van der Waals surface area contributed by atoms with Crippen molar-refractivity contribution >= 4 is 6.03 Å². The van der Waals surface area contributed by atoms with Crippen LogP contribution in [-0.4, -0.2) is 33.7 Å². The van der Waals surface area contributed by atoms with Crippen molar-refractivity contribution in [2.45, 2.75) is 53.1 Å². The second-order valence-electron chi connectivity index (χ2n) is 8.20. The molecule has 0 unspecified atom stereocenters. The van der Waals surface area contributed by atoms with Crippen molar-refractivity contribution in [1.82, 2.24) is 20.4 Å². The van der Waals surface area contributed by atoms with Gasteiger partial charge in [0.1, 0.15) is 5.82 Å². The van der Waals surface area contributed by atoms with Gasteiger partial charge in [-0.05, 0) is 55.4 Å². The number of nitrogens with one attached hydrogen (secondary N) is 2. The fourth-order valence-electron chi connectivity index (χ4n) is 3.65. The van der Waals surface area contributed by atoms with E-state index < -0.39 is 0 Å². The molecular formula is C20H27FN4O. The molecule has 0 aliphatic carbocycles. The maximum absolute atomic E-state index is 13.3. The smallest absolute Gasteiger partial charge is 0.317 e. The first-order valence-electron chi connectivity index (χ1n) is 9.05. The molecule has 1 atom stereocenters. The van der Waals surface area contributed by atoms with Gasteiger partial charge in [0.05, 0.1) is 12.7 Å². The summed E-state index contributed by atoms with van der Waals surface area (Å²) in [6.45, 7) is 9.44. The van der Waals surface area contributed by atoms with E-state index in [-0.39, 0.29) is 23.3 Å². The molecule has 2 amide bonds. The Morgan fingerprint density at radius 1 is 1.46 bits per heavy atom. The molecule has 1 aliphatic heterocycles. The first kappa shape index (κ1) is 18.4. The maximum atomic E-state index is 13.3. The summed E-state index contributed by atoms with van der Waals surface area (Å²) in [4.78, 5) is 14.7. The Bertz CT molecular complexity index is 799. The van der Waals surface area contributed by atoms with Crippen LogP contribution in [0, 0.1) is 18.2 Å². The summed E-state index contributed by atoms with van der Waals surface area (Å²) < 4.78 is 13.3. The van der Waals surface area contributed by atoms with Crippen LogP contribution in [0.25, 0.3) is 0 Å². The van der Waals surface area contributed by atoms with Crippen LogP contribution in [0.1, 0.15) is 43.2 Å². The van der Waals surface area contributed by atoms with Gasteiger partial charge in [-0.2, -0.15) is 5.10 Å². The number of aromatic amines is 1. The number of amides is 2. The number of carbonyl (C=O) groups excluding carboxylic acids is 1. The van der Waals surface area contributed by atoms with E-state index in [2.05, 4.69) is 29.4 Å². The van der Waals surface area contributed by atoms with E-state index in [1.165, 1.54) is 12.1 Å². The zero-order valence-corrected chi connectivity index (χ0v) is 15.9. The minimum absolute atomic E-state index is 0.0219. The maximum Gasteiger partial charge on any atom is 0.317 e. The van der Waals surface area contributed by atoms with Gasteiger partial charge >= 0.3 is 6.03 Å². The zero-order valence-electron chi connectivity index (χ0n) is 15.9. The third kappa shape index (κ3) is 4.23. The van der Waals surface area contributed by atoms with Gasteiger partial charge < -0.3 is 10.2 Å². The van der Waals surface area contributed by atoms with Crippen LogP contribution in [0.5, 0.6) is 0 Å². The number of H-pyrrole nitrogens is 1. The largest absolute Gasteiger partial charge is 0.335 e. The number of halogens is 1. The lowest BCUT2D eigenvalue weighted by Crippen LogP contribution is -2.46. The molecule has 6 heteroatoms. The Labute approximate surface area is 154 Å². The molecule has 0 saturated carbocycles. The summed E-state index contributed by atoms with van der Waals surface area (Å²) in [5.74, 6) is -0.231. The molecule has 0 bridgehead atoms.